The van der Waals surface area contributed by atoms with E-state index >= 15 is 0 Å². The van der Waals surface area contributed by atoms with Crippen molar-refractivity contribution in [2.75, 3.05) is 33.2 Å². The lowest BCUT2D eigenvalue weighted by molar-refractivity contribution is 0.145. The fourth-order valence-corrected chi connectivity index (χ4v) is 4.27. The first kappa shape index (κ1) is 20.9. The normalized spacial score (nSPS) is 15.2. The molecule has 0 bridgehead atoms. The van der Waals surface area contributed by atoms with Crippen molar-refractivity contribution < 1.29 is 0 Å². The SMILES string of the molecule is CN1CCN(Cc2nc3ccccc3[nH]c(-c3ccccc3)c3cc(Cl)ccc3n2)CC1. The Morgan fingerprint density at radius 3 is 2.38 bits per heavy atom. The summed E-state index contributed by atoms with van der Waals surface area (Å²) >= 11 is 6.44. The summed E-state index contributed by atoms with van der Waals surface area (Å²) in [7, 11) is 2.17. The summed E-state index contributed by atoms with van der Waals surface area (Å²) in [5, 5.41) is 1.64. The first-order chi connectivity index (χ1) is 15.7. The Morgan fingerprint density at radius 2 is 1.56 bits per heavy atom. The molecule has 1 aliphatic heterocycles. The van der Waals surface area contributed by atoms with E-state index in [9.17, 15) is 0 Å². The minimum atomic E-state index is 0.680. The number of nitrogens with zero attached hydrogens (tertiary/aromatic N) is 4. The summed E-state index contributed by atoms with van der Waals surface area (Å²) in [6, 6.07) is 24.3. The minimum Gasteiger partial charge on any atom is -0.353 e. The molecule has 3 aromatic carbocycles. The van der Waals surface area contributed by atoms with Gasteiger partial charge < -0.3 is 9.88 Å². The van der Waals surface area contributed by atoms with Crippen LogP contribution in [0.5, 0.6) is 0 Å². The largest absolute Gasteiger partial charge is 0.353 e. The van der Waals surface area contributed by atoms with Crippen molar-refractivity contribution in [3.05, 3.63) is 83.6 Å². The van der Waals surface area contributed by atoms with Gasteiger partial charge in [-0.05, 0) is 42.9 Å². The minimum absolute atomic E-state index is 0.680. The highest BCUT2D eigenvalue weighted by Gasteiger charge is 2.15. The van der Waals surface area contributed by atoms with Crippen LogP contribution in [0.1, 0.15) is 5.82 Å². The van der Waals surface area contributed by atoms with E-state index in [1.54, 1.807) is 0 Å². The zero-order valence-electron chi connectivity index (χ0n) is 18.1. The molecule has 1 fully saturated rings. The average molecular weight is 444 g/mol. The van der Waals surface area contributed by atoms with Gasteiger partial charge in [-0.2, -0.15) is 0 Å². The molecule has 0 amide bonds. The van der Waals surface area contributed by atoms with Gasteiger partial charge in [-0.1, -0.05) is 54.1 Å². The molecule has 32 heavy (non-hydrogen) atoms. The summed E-state index contributed by atoms with van der Waals surface area (Å²) in [6.07, 6.45) is 0. The number of nitrogens with one attached hydrogen (secondary N) is 1. The average Bonchev–Trinajstić information content (AvgIpc) is 2.87. The predicted molar refractivity (Wildman–Crippen MR) is 132 cm³/mol. The lowest BCUT2D eigenvalue weighted by atomic mass is 10.1. The molecule has 1 N–H and O–H groups in total. The number of halogens is 1. The number of piperazine rings is 1. The second-order valence-corrected chi connectivity index (χ2v) is 8.70. The van der Waals surface area contributed by atoms with E-state index < -0.39 is 0 Å². The van der Waals surface area contributed by atoms with Gasteiger partial charge in [0.05, 0.1) is 28.8 Å². The van der Waals surface area contributed by atoms with E-state index in [-0.39, 0.29) is 0 Å². The second-order valence-electron chi connectivity index (χ2n) is 8.26. The molecule has 162 valence electrons. The van der Waals surface area contributed by atoms with Crippen LogP contribution in [-0.2, 0) is 6.54 Å². The number of hydrogen-bond acceptors (Lipinski definition) is 4. The maximum atomic E-state index is 6.44. The van der Waals surface area contributed by atoms with Gasteiger partial charge in [0, 0.05) is 36.6 Å². The Morgan fingerprint density at radius 1 is 0.844 bits per heavy atom. The van der Waals surface area contributed by atoms with Crippen LogP contribution in [0, 0.1) is 0 Å². The quantitative estimate of drug-likeness (QED) is 0.466. The van der Waals surface area contributed by atoms with Crippen molar-refractivity contribution in [3.8, 4) is 11.3 Å². The van der Waals surface area contributed by atoms with Crippen molar-refractivity contribution >= 4 is 33.5 Å². The Kier molecular flexibility index (Phi) is 6.04. The number of aromatic amines is 1. The molecular weight excluding hydrogens is 418 g/mol. The van der Waals surface area contributed by atoms with E-state index in [2.05, 4.69) is 40.0 Å². The summed E-state index contributed by atoms with van der Waals surface area (Å²) in [5.41, 5.74) is 4.73. The molecular formula is C26H26ClN5. The highest BCUT2D eigenvalue weighted by molar-refractivity contribution is 6.31. The third-order valence-corrected chi connectivity index (χ3v) is 6.15. The zero-order valence-corrected chi connectivity index (χ0v) is 18.9. The Labute approximate surface area is 193 Å². The Bertz CT molecular complexity index is 1290. The Hall–Kier alpha value is -2.99. The summed E-state index contributed by atoms with van der Waals surface area (Å²) < 4.78 is 0. The molecule has 5 rings (SSSR count). The van der Waals surface area contributed by atoms with E-state index in [0.29, 0.717) is 11.6 Å². The Balaban J connectivity index is 1.78. The molecule has 0 saturated carbocycles. The molecule has 0 unspecified atom stereocenters. The molecule has 0 atom stereocenters. The predicted octanol–water partition coefficient (Wildman–Crippen LogP) is 5.30. The second kappa shape index (κ2) is 9.25. The first-order valence-corrected chi connectivity index (χ1v) is 11.3. The number of likely N-dealkylation sites (N-methyl/N-ethyl adjacent to an activating group) is 1. The van der Waals surface area contributed by atoms with Crippen molar-refractivity contribution in [1.29, 1.82) is 0 Å². The smallest absolute Gasteiger partial charge is 0.143 e. The van der Waals surface area contributed by atoms with Crippen molar-refractivity contribution in [2.24, 2.45) is 0 Å². The lowest BCUT2D eigenvalue weighted by Crippen LogP contribution is -2.44. The van der Waals surface area contributed by atoms with Crippen LogP contribution in [0.3, 0.4) is 0 Å². The van der Waals surface area contributed by atoms with Crippen molar-refractivity contribution in [1.82, 2.24) is 24.8 Å². The third-order valence-electron chi connectivity index (χ3n) is 5.91. The standard InChI is InChI=1S/C26H26ClN5/c1-31-13-15-32(16-14-31)18-25-28-22-12-11-20(27)17-21(22)26(19-7-3-2-4-8-19)30-24-10-6-5-9-23(24)29-25/h2-12,17,30H,13-16,18H2,1H3. The maximum absolute atomic E-state index is 6.44. The van der Waals surface area contributed by atoms with Crippen LogP contribution < -0.4 is 0 Å². The number of H-pyrrole nitrogens is 1. The van der Waals surface area contributed by atoms with E-state index in [1.165, 1.54) is 0 Å². The summed E-state index contributed by atoms with van der Waals surface area (Å²) in [5.74, 6) is 0.807. The van der Waals surface area contributed by atoms with E-state index in [1.807, 2.05) is 54.6 Å². The molecule has 1 aliphatic rings. The maximum Gasteiger partial charge on any atom is 0.143 e. The van der Waals surface area contributed by atoms with Crippen LogP contribution in [0.2, 0.25) is 5.02 Å². The van der Waals surface area contributed by atoms with Crippen LogP contribution in [0.4, 0.5) is 0 Å². The first-order valence-electron chi connectivity index (χ1n) is 10.9. The van der Waals surface area contributed by atoms with Gasteiger partial charge in [-0.15, -0.1) is 0 Å². The molecule has 2 heterocycles. The van der Waals surface area contributed by atoms with Crippen LogP contribution >= 0.6 is 11.6 Å². The van der Waals surface area contributed by atoms with Gasteiger partial charge in [0.1, 0.15) is 5.82 Å². The third kappa shape index (κ3) is 4.60. The van der Waals surface area contributed by atoms with Crippen LogP contribution in [-0.4, -0.2) is 58.0 Å². The number of rotatable bonds is 3. The number of fused-ring (bicyclic) bond motifs is 2. The van der Waals surface area contributed by atoms with Crippen molar-refractivity contribution in [3.63, 3.8) is 0 Å². The van der Waals surface area contributed by atoms with Gasteiger partial charge >= 0.3 is 0 Å². The van der Waals surface area contributed by atoms with Crippen LogP contribution in [0.15, 0.2) is 72.8 Å². The molecule has 0 aliphatic carbocycles. The molecule has 0 radical (unpaired) electrons. The fourth-order valence-electron chi connectivity index (χ4n) is 4.10. The van der Waals surface area contributed by atoms with Gasteiger partial charge in [0.2, 0.25) is 0 Å². The topological polar surface area (TPSA) is 48.0 Å². The molecule has 1 saturated heterocycles. The van der Waals surface area contributed by atoms with E-state index in [0.717, 1.165) is 65.2 Å². The molecule has 4 aromatic rings. The molecule has 0 spiro atoms. The van der Waals surface area contributed by atoms with Gasteiger partial charge in [-0.25, -0.2) is 9.97 Å². The lowest BCUT2D eigenvalue weighted by Gasteiger charge is -2.31. The highest BCUT2D eigenvalue weighted by atomic mass is 35.5. The van der Waals surface area contributed by atoms with Gasteiger partial charge in [0.15, 0.2) is 0 Å². The number of para-hydroxylation sites is 2. The van der Waals surface area contributed by atoms with Gasteiger partial charge in [-0.3, -0.25) is 4.90 Å². The highest BCUT2D eigenvalue weighted by Crippen LogP contribution is 2.28. The number of hydrogen-bond donors (Lipinski definition) is 1. The molecule has 5 nitrogen and oxygen atoms in total. The number of aromatic nitrogens is 3. The number of benzene rings is 3. The monoisotopic (exact) mass is 443 g/mol. The molecule has 6 heteroatoms. The van der Waals surface area contributed by atoms with Crippen molar-refractivity contribution in [2.45, 2.75) is 6.54 Å². The zero-order chi connectivity index (χ0) is 21.9. The molecule has 1 aromatic heterocycles. The van der Waals surface area contributed by atoms with E-state index in [4.69, 9.17) is 21.6 Å². The van der Waals surface area contributed by atoms with Crippen LogP contribution in [0.25, 0.3) is 33.2 Å². The summed E-state index contributed by atoms with van der Waals surface area (Å²) in [6.45, 7) is 4.86. The fraction of sp³-hybridized carbons (Fsp3) is 0.231. The van der Waals surface area contributed by atoms with Gasteiger partial charge in [0.25, 0.3) is 0 Å². The summed E-state index contributed by atoms with van der Waals surface area (Å²) in [4.78, 5) is 18.5.